The molecule has 0 spiro atoms. The van der Waals surface area contributed by atoms with E-state index in [2.05, 4.69) is 34.4 Å². The van der Waals surface area contributed by atoms with E-state index in [1.807, 2.05) is 24.3 Å². The fraction of sp³-hybridized carbons (Fsp3) is 0.111. The van der Waals surface area contributed by atoms with Crippen LogP contribution in [0, 0.1) is 0 Å². The maximum absolute atomic E-state index is 4.00. The van der Waals surface area contributed by atoms with Gasteiger partial charge in [0.2, 0.25) is 0 Å². The lowest BCUT2D eigenvalue weighted by Crippen LogP contribution is -1.82. The highest BCUT2D eigenvalue weighted by Crippen LogP contribution is 1.97. The number of thiol groups is 1. The summed E-state index contributed by atoms with van der Waals surface area (Å²) in [5.74, 6) is 0.813. The monoisotopic (exact) mass is 193 g/mol. The van der Waals surface area contributed by atoms with E-state index in [0.717, 1.165) is 12.2 Å². The van der Waals surface area contributed by atoms with E-state index in [1.54, 1.807) is 6.08 Å². The molecule has 0 radical (unpaired) electrons. The van der Waals surface area contributed by atoms with Gasteiger partial charge in [0.15, 0.2) is 5.16 Å². The molecule has 0 saturated carbocycles. The second-order valence-electron chi connectivity index (χ2n) is 2.35. The van der Waals surface area contributed by atoms with Crippen molar-refractivity contribution in [2.45, 2.75) is 11.6 Å². The predicted molar refractivity (Wildman–Crippen MR) is 55.8 cm³/mol. The van der Waals surface area contributed by atoms with Crippen LogP contribution in [0.15, 0.2) is 42.1 Å². The Hall–Kier alpha value is -1.29. The number of H-pyrrole nitrogens is 1. The number of allylic oxidation sites excluding steroid dienone is 5. The quantitative estimate of drug-likeness (QED) is 0.566. The molecular weight excluding hydrogens is 182 g/mol. The Morgan fingerprint density at radius 3 is 2.77 bits per heavy atom. The van der Waals surface area contributed by atoms with Gasteiger partial charge < -0.3 is 4.98 Å². The summed E-state index contributed by atoms with van der Waals surface area (Å²) in [7, 11) is 0. The molecule has 0 fully saturated rings. The molecule has 0 unspecified atom stereocenters. The summed E-state index contributed by atoms with van der Waals surface area (Å²) < 4.78 is 0. The number of nitrogens with one attached hydrogen (secondary N) is 1. The van der Waals surface area contributed by atoms with E-state index >= 15 is 0 Å². The van der Waals surface area contributed by atoms with Crippen molar-refractivity contribution in [2.24, 2.45) is 0 Å². The van der Waals surface area contributed by atoms with Gasteiger partial charge in [-0.3, -0.25) is 0 Å². The zero-order chi connectivity index (χ0) is 9.52. The van der Waals surface area contributed by atoms with Crippen molar-refractivity contribution < 1.29 is 0 Å². The fourth-order valence-electron chi connectivity index (χ4n) is 0.780. The molecule has 0 saturated heterocycles. The molecule has 1 aromatic rings. The van der Waals surface area contributed by atoms with Gasteiger partial charge in [-0.15, -0.1) is 22.8 Å². The number of aromatic amines is 1. The Morgan fingerprint density at radius 1 is 1.31 bits per heavy atom. The normalized spacial score (nSPS) is 11.5. The number of nitrogens with zero attached hydrogens (tertiary/aromatic N) is 2. The molecule has 3 nitrogen and oxygen atoms in total. The highest BCUT2D eigenvalue weighted by molar-refractivity contribution is 7.80. The van der Waals surface area contributed by atoms with Crippen LogP contribution in [0.1, 0.15) is 5.82 Å². The SMILES string of the molecule is C=C/C=C\C=C/Cc1nnc(S)[nH]1. The Labute approximate surface area is 82.7 Å². The molecule has 4 heteroatoms. The number of hydrogen-bond donors (Lipinski definition) is 2. The van der Waals surface area contributed by atoms with Crippen molar-refractivity contribution in [1.29, 1.82) is 0 Å². The number of aromatic nitrogens is 3. The van der Waals surface area contributed by atoms with Crippen LogP contribution in [-0.2, 0) is 6.42 Å². The van der Waals surface area contributed by atoms with Gasteiger partial charge in [-0.05, 0) is 0 Å². The minimum absolute atomic E-state index is 0.546. The van der Waals surface area contributed by atoms with E-state index in [4.69, 9.17) is 0 Å². The molecule has 1 aromatic heterocycles. The molecule has 13 heavy (non-hydrogen) atoms. The minimum atomic E-state index is 0.546. The molecule has 1 heterocycles. The van der Waals surface area contributed by atoms with Crippen LogP contribution in [0.25, 0.3) is 0 Å². The summed E-state index contributed by atoms with van der Waals surface area (Å²) in [5, 5.41) is 8.12. The maximum Gasteiger partial charge on any atom is 0.185 e. The largest absolute Gasteiger partial charge is 0.320 e. The van der Waals surface area contributed by atoms with Gasteiger partial charge in [0.25, 0.3) is 0 Å². The van der Waals surface area contributed by atoms with Crippen molar-refractivity contribution in [2.75, 3.05) is 0 Å². The van der Waals surface area contributed by atoms with Crippen molar-refractivity contribution in [3.05, 3.63) is 42.8 Å². The van der Waals surface area contributed by atoms with Gasteiger partial charge in [0.05, 0.1) is 0 Å². The molecule has 68 valence electrons. The Kier molecular flexibility index (Phi) is 4.05. The Bertz CT molecular complexity index is 325. The average molecular weight is 193 g/mol. The fourth-order valence-corrected chi connectivity index (χ4v) is 0.953. The van der Waals surface area contributed by atoms with E-state index < -0.39 is 0 Å². The summed E-state index contributed by atoms with van der Waals surface area (Å²) in [6.45, 7) is 3.56. The molecule has 0 bridgehead atoms. The molecule has 0 aliphatic rings. The molecule has 0 aromatic carbocycles. The lowest BCUT2D eigenvalue weighted by molar-refractivity contribution is 0.966. The van der Waals surface area contributed by atoms with Gasteiger partial charge in [0.1, 0.15) is 5.82 Å². The zero-order valence-electron chi connectivity index (χ0n) is 7.14. The molecule has 1 N–H and O–H groups in total. The second kappa shape index (κ2) is 5.37. The third-order valence-corrected chi connectivity index (χ3v) is 1.53. The predicted octanol–water partition coefficient (Wildman–Crippen LogP) is 1.93. The summed E-state index contributed by atoms with van der Waals surface area (Å²) >= 11 is 4.00. The number of rotatable bonds is 4. The minimum Gasteiger partial charge on any atom is -0.320 e. The van der Waals surface area contributed by atoms with Crippen molar-refractivity contribution in [3.63, 3.8) is 0 Å². The molecule has 0 atom stereocenters. The maximum atomic E-state index is 4.00. The van der Waals surface area contributed by atoms with E-state index in [1.165, 1.54) is 0 Å². The molecule has 1 rings (SSSR count). The third-order valence-electron chi connectivity index (χ3n) is 1.33. The molecular formula is C9H11N3S. The van der Waals surface area contributed by atoms with Crippen molar-refractivity contribution >= 4 is 12.6 Å². The van der Waals surface area contributed by atoms with Crippen LogP contribution in [0.4, 0.5) is 0 Å². The molecule has 0 aliphatic heterocycles. The first-order valence-corrected chi connectivity index (χ1v) is 4.32. The Morgan fingerprint density at radius 2 is 2.15 bits per heavy atom. The van der Waals surface area contributed by atoms with Gasteiger partial charge in [-0.1, -0.05) is 37.0 Å². The summed E-state index contributed by atoms with van der Waals surface area (Å²) in [6, 6.07) is 0. The average Bonchev–Trinajstić information content (AvgIpc) is 2.51. The first-order valence-electron chi connectivity index (χ1n) is 3.87. The van der Waals surface area contributed by atoms with Gasteiger partial charge in [-0.25, -0.2) is 0 Å². The smallest absolute Gasteiger partial charge is 0.185 e. The summed E-state index contributed by atoms with van der Waals surface area (Å²) in [4.78, 5) is 2.91. The van der Waals surface area contributed by atoms with Crippen LogP contribution in [-0.4, -0.2) is 15.2 Å². The molecule has 0 amide bonds. The third kappa shape index (κ3) is 3.75. The lowest BCUT2D eigenvalue weighted by atomic mass is 10.3. The summed E-state index contributed by atoms with van der Waals surface area (Å²) in [5.41, 5.74) is 0. The van der Waals surface area contributed by atoms with Crippen LogP contribution in [0.5, 0.6) is 0 Å². The van der Waals surface area contributed by atoms with Crippen LogP contribution in [0.2, 0.25) is 0 Å². The zero-order valence-corrected chi connectivity index (χ0v) is 8.04. The van der Waals surface area contributed by atoms with Crippen molar-refractivity contribution in [3.8, 4) is 0 Å². The standard InChI is InChI=1S/C9H11N3S/c1-2-3-4-5-6-7-8-10-9(13)12-11-8/h2-6H,1,7H2,(H2,10,11,12,13)/b4-3-,6-5-. The van der Waals surface area contributed by atoms with Gasteiger partial charge >= 0.3 is 0 Å². The van der Waals surface area contributed by atoms with E-state index in [9.17, 15) is 0 Å². The van der Waals surface area contributed by atoms with Crippen LogP contribution in [0.3, 0.4) is 0 Å². The Balaban J connectivity index is 2.38. The highest BCUT2D eigenvalue weighted by atomic mass is 32.1. The second-order valence-corrected chi connectivity index (χ2v) is 2.77. The highest BCUT2D eigenvalue weighted by Gasteiger charge is 1.94. The van der Waals surface area contributed by atoms with Crippen LogP contribution < -0.4 is 0 Å². The van der Waals surface area contributed by atoms with Gasteiger partial charge in [0, 0.05) is 6.42 Å². The van der Waals surface area contributed by atoms with Gasteiger partial charge in [-0.2, -0.15) is 0 Å². The van der Waals surface area contributed by atoms with E-state index in [0.29, 0.717) is 5.16 Å². The lowest BCUT2D eigenvalue weighted by Gasteiger charge is -1.83. The van der Waals surface area contributed by atoms with Crippen LogP contribution >= 0.6 is 12.6 Å². The molecule has 0 aliphatic carbocycles. The topological polar surface area (TPSA) is 41.6 Å². The first-order chi connectivity index (χ1) is 6.33. The van der Waals surface area contributed by atoms with E-state index in [-0.39, 0.29) is 0 Å². The summed E-state index contributed by atoms with van der Waals surface area (Å²) in [6.07, 6.45) is 10.1. The van der Waals surface area contributed by atoms with Crippen molar-refractivity contribution in [1.82, 2.24) is 15.2 Å². The first kappa shape index (κ1) is 9.80. The number of hydrogen-bond acceptors (Lipinski definition) is 3.